The minimum absolute atomic E-state index is 0.255. The highest BCUT2D eigenvalue weighted by Crippen LogP contribution is 2.47. The molecular formula is C21H28N2O2S2. The molecule has 1 aromatic heterocycles. The number of hydroxylamine groups is 1. The Labute approximate surface area is 170 Å². The first-order valence-corrected chi connectivity index (χ1v) is 11.4. The van der Waals surface area contributed by atoms with Gasteiger partial charge in [0.1, 0.15) is 6.04 Å². The number of amides is 1. The van der Waals surface area contributed by atoms with E-state index in [0.29, 0.717) is 5.92 Å². The Kier molecular flexibility index (Phi) is 7.35. The Morgan fingerprint density at radius 1 is 1.19 bits per heavy atom. The first-order valence-electron chi connectivity index (χ1n) is 9.83. The second kappa shape index (κ2) is 9.73. The average molecular weight is 405 g/mol. The monoisotopic (exact) mass is 404 g/mol. The van der Waals surface area contributed by atoms with Gasteiger partial charge in [0.25, 0.3) is 5.91 Å². The SMILES string of the molecule is CC.O=C(NO)C(C1CCCCC1)N1Cc2sc(-c3ccccc3)cc2S1. The molecule has 2 aromatic rings. The molecule has 2 heterocycles. The minimum atomic E-state index is -0.266. The Hall–Kier alpha value is -1.34. The van der Waals surface area contributed by atoms with Crippen LogP contribution >= 0.6 is 23.3 Å². The third-order valence-electron chi connectivity index (χ3n) is 5.13. The van der Waals surface area contributed by atoms with Crippen molar-refractivity contribution in [1.29, 1.82) is 0 Å². The molecule has 1 aliphatic carbocycles. The molecule has 1 unspecified atom stereocenters. The summed E-state index contributed by atoms with van der Waals surface area (Å²) in [5.74, 6) is 0.0637. The van der Waals surface area contributed by atoms with Gasteiger partial charge in [0.15, 0.2) is 0 Å². The van der Waals surface area contributed by atoms with Crippen molar-refractivity contribution in [1.82, 2.24) is 9.79 Å². The summed E-state index contributed by atoms with van der Waals surface area (Å²) in [6.45, 7) is 4.77. The molecule has 27 heavy (non-hydrogen) atoms. The van der Waals surface area contributed by atoms with E-state index in [9.17, 15) is 10.0 Å². The van der Waals surface area contributed by atoms with Crippen LogP contribution in [0.3, 0.4) is 0 Å². The molecule has 1 amide bonds. The number of nitrogens with zero attached hydrogens (tertiary/aromatic N) is 1. The van der Waals surface area contributed by atoms with Crippen molar-refractivity contribution in [2.75, 3.05) is 0 Å². The summed E-state index contributed by atoms with van der Waals surface area (Å²) in [6, 6.07) is 12.4. The maximum atomic E-state index is 12.3. The quantitative estimate of drug-likeness (QED) is 0.389. The number of hydrogen-bond acceptors (Lipinski definition) is 5. The van der Waals surface area contributed by atoms with Crippen LogP contribution in [0.2, 0.25) is 0 Å². The van der Waals surface area contributed by atoms with Gasteiger partial charge in [-0.1, -0.05) is 63.4 Å². The molecule has 2 aliphatic rings. The maximum Gasteiger partial charge on any atom is 0.261 e. The first-order chi connectivity index (χ1) is 13.3. The van der Waals surface area contributed by atoms with Crippen LogP contribution in [0, 0.1) is 5.92 Å². The topological polar surface area (TPSA) is 52.6 Å². The Morgan fingerprint density at radius 2 is 1.89 bits per heavy atom. The van der Waals surface area contributed by atoms with Gasteiger partial charge in [0.05, 0.1) is 0 Å². The molecule has 0 bridgehead atoms. The molecule has 1 aliphatic heterocycles. The molecule has 146 valence electrons. The molecule has 4 nitrogen and oxygen atoms in total. The number of benzene rings is 1. The number of fused-ring (bicyclic) bond motifs is 1. The summed E-state index contributed by atoms with van der Waals surface area (Å²) >= 11 is 3.47. The van der Waals surface area contributed by atoms with Crippen molar-refractivity contribution in [3.63, 3.8) is 0 Å². The zero-order valence-corrected chi connectivity index (χ0v) is 17.6. The lowest BCUT2D eigenvalue weighted by atomic mass is 9.83. The van der Waals surface area contributed by atoms with E-state index >= 15 is 0 Å². The fourth-order valence-corrected chi connectivity index (χ4v) is 6.51. The van der Waals surface area contributed by atoms with E-state index in [1.165, 1.54) is 39.5 Å². The van der Waals surface area contributed by atoms with Crippen molar-refractivity contribution in [2.24, 2.45) is 5.92 Å². The van der Waals surface area contributed by atoms with Gasteiger partial charge in [0.2, 0.25) is 0 Å². The molecule has 0 radical (unpaired) electrons. The zero-order valence-electron chi connectivity index (χ0n) is 16.0. The predicted octanol–water partition coefficient (Wildman–Crippen LogP) is 5.72. The normalized spacial score (nSPS) is 18.3. The molecular weight excluding hydrogens is 376 g/mol. The minimum Gasteiger partial charge on any atom is -0.289 e. The van der Waals surface area contributed by atoms with Gasteiger partial charge in [-0.2, -0.15) is 0 Å². The van der Waals surface area contributed by atoms with E-state index in [1.54, 1.807) is 23.3 Å². The molecule has 6 heteroatoms. The number of carbonyl (C=O) groups excluding carboxylic acids is 1. The lowest BCUT2D eigenvalue weighted by molar-refractivity contribution is -0.135. The van der Waals surface area contributed by atoms with Gasteiger partial charge in [-0.25, -0.2) is 9.79 Å². The van der Waals surface area contributed by atoms with Crippen LogP contribution in [0.15, 0.2) is 41.3 Å². The maximum absolute atomic E-state index is 12.3. The van der Waals surface area contributed by atoms with E-state index in [2.05, 4.69) is 34.6 Å². The van der Waals surface area contributed by atoms with Crippen molar-refractivity contribution in [3.8, 4) is 10.4 Å². The molecule has 0 spiro atoms. The van der Waals surface area contributed by atoms with Crippen LogP contribution in [0.1, 0.15) is 50.8 Å². The van der Waals surface area contributed by atoms with Crippen LogP contribution in [-0.2, 0) is 11.3 Å². The van der Waals surface area contributed by atoms with E-state index in [0.717, 1.165) is 19.4 Å². The van der Waals surface area contributed by atoms with Crippen LogP contribution in [0.4, 0.5) is 0 Å². The highest BCUT2D eigenvalue weighted by Gasteiger charge is 2.38. The molecule has 4 rings (SSSR count). The number of thiophene rings is 1. The molecule has 1 atom stereocenters. The van der Waals surface area contributed by atoms with Crippen LogP contribution in [-0.4, -0.2) is 21.5 Å². The zero-order chi connectivity index (χ0) is 19.2. The molecule has 0 saturated heterocycles. The third-order valence-corrected chi connectivity index (χ3v) is 7.58. The number of rotatable bonds is 4. The van der Waals surface area contributed by atoms with Crippen molar-refractivity contribution in [2.45, 2.75) is 63.4 Å². The van der Waals surface area contributed by atoms with Gasteiger partial charge < -0.3 is 0 Å². The smallest absolute Gasteiger partial charge is 0.261 e. The van der Waals surface area contributed by atoms with E-state index in [-0.39, 0.29) is 11.9 Å². The van der Waals surface area contributed by atoms with Gasteiger partial charge in [0, 0.05) is 21.2 Å². The van der Waals surface area contributed by atoms with Crippen LogP contribution in [0.5, 0.6) is 0 Å². The predicted molar refractivity (Wildman–Crippen MR) is 113 cm³/mol. The summed E-state index contributed by atoms with van der Waals surface area (Å²) in [5.41, 5.74) is 3.15. The second-order valence-corrected chi connectivity index (χ2v) is 8.98. The Morgan fingerprint density at radius 3 is 2.52 bits per heavy atom. The van der Waals surface area contributed by atoms with E-state index < -0.39 is 0 Å². The highest BCUT2D eigenvalue weighted by molar-refractivity contribution is 7.97. The Bertz CT molecular complexity index is 718. The molecule has 2 N–H and O–H groups in total. The first kappa shape index (κ1) is 20.4. The number of carbonyl (C=O) groups is 1. The highest BCUT2D eigenvalue weighted by atomic mass is 32.2. The summed E-state index contributed by atoms with van der Waals surface area (Å²) in [5, 5.41) is 9.22. The summed E-state index contributed by atoms with van der Waals surface area (Å²) in [6.07, 6.45) is 5.75. The fraction of sp³-hybridized carbons (Fsp3) is 0.476. The largest absolute Gasteiger partial charge is 0.289 e. The summed E-state index contributed by atoms with van der Waals surface area (Å²) < 4.78 is 2.16. The van der Waals surface area contributed by atoms with Crippen molar-refractivity contribution >= 4 is 29.2 Å². The summed E-state index contributed by atoms with van der Waals surface area (Å²) in [7, 11) is 0. The van der Waals surface area contributed by atoms with Gasteiger partial charge >= 0.3 is 0 Å². The van der Waals surface area contributed by atoms with Crippen molar-refractivity contribution in [3.05, 3.63) is 41.3 Å². The molecule has 1 saturated carbocycles. The fourth-order valence-electron chi connectivity index (χ4n) is 3.90. The van der Waals surface area contributed by atoms with Crippen LogP contribution < -0.4 is 5.48 Å². The average Bonchev–Trinajstić information content (AvgIpc) is 3.30. The molecule has 1 aromatic carbocycles. The van der Waals surface area contributed by atoms with Gasteiger partial charge in [-0.05, 0) is 42.3 Å². The van der Waals surface area contributed by atoms with Crippen LogP contribution in [0.25, 0.3) is 10.4 Å². The third kappa shape index (κ3) is 4.57. The van der Waals surface area contributed by atoms with E-state index in [1.807, 2.05) is 25.4 Å². The molecule has 1 fully saturated rings. The number of nitrogens with one attached hydrogen (secondary N) is 1. The lowest BCUT2D eigenvalue weighted by Gasteiger charge is -2.33. The Balaban J connectivity index is 0.00000102. The standard InChI is InChI=1S/C19H22N2O2S2.C2H6/c22-19(20-23)18(14-9-5-2-6-10-14)21-12-17-16(25-21)11-15(24-17)13-7-3-1-4-8-13;1-2/h1,3-4,7-8,11,14,18,23H,2,5-6,9-10,12H2,(H,20,22);1-2H3. The number of hydrogen-bond donors (Lipinski definition) is 2. The van der Waals surface area contributed by atoms with E-state index in [4.69, 9.17) is 0 Å². The van der Waals surface area contributed by atoms with Gasteiger partial charge in [-0.3, -0.25) is 10.0 Å². The second-order valence-electron chi connectivity index (χ2n) is 6.75. The summed E-state index contributed by atoms with van der Waals surface area (Å²) in [4.78, 5) is 16.2. The lowest BCUT2D eigenvalue weighted by Crippen LogP contribution is -2.47. The van der Waals surface area contributed by atoms with Gasteiger partial charge in [-0.15, -0.1) is 11.3 Å². The van der Waals surface area contributed by atoms with Crippen molar-refractivity contribution < 1.29 is 10.0 Å².